The van der Waals surface area contributed by atoms with E-state index in [0.29, 0.717) is 12.6 Å². The first-order valence-electron chi connectivity index (χ1n) is 6.63. The number of nitrogens with two attached hydrogens (primary N) is 1. The molecule has 2 rings (SSSR count). The quantitative estimate of drug-likeness (QED) is 0.912. The predicted octanol–water partition coefficient (Wildman–Crippen LogP) is 2.56. The van der Waals surface area contributed by atoms with Gasteiger partial charge in [-0.15, -0.1) is 11.3 Å². The summed E-state index contributed by atoms with van der Waals surface area (Å²) in [6.45, 7) is 7.13. The first-order valence-corrected chi connectivity index (χ1v) is 7.45. The Labute approximate surface area is 114 Å². The van der Waals surface area contributed by atoms with Gasteiger partial charge in [0, 0.05) is 30.0 Å². The Morgan fingerprint density at radius 2 is 2.33 bits per heavy atom. The Morgan fingerprint density at radius 1 is 1.56 bits per heavy atom. The van der Waals surface area contributed by atoms with Crippen molar-refractivity contribution >= 4 is 11.3 Å². The molecule has 0 bridgehead atoms. The van der Waals surface area contributed by atoms with E-state index in [1.54, 1.807) is 0 Å². The lowest BCUT2D eigenvalue weighted by atomic mass is 9.93. The molecule has 0 spiro atoms. The maximum Gasteiger partial charge on any atom is 0.0777 e. The summed E-state index contributed by atoms with van der Waals surface area (Å²) in [6, 6.07) is 4.75. The summed E-state index contributed by atoms with van der Waals surface area (Å²) in [4.78, 5) is 5.23. The summed E-state index contributed by atoms with van der Waals surface area (Å²) in [7, 11) is 1.82. The summed E-state index contributed by atoms with van der Waals surface area (Å²) in [6.07, 6.45) is 2.33. The minimum absolute atomic E-state index is 0.0159. The number of piperidine rings is 1. The number of likely N-dealkylation sites (tertiary alicyclic amines) is 1. The minimum Gasteiger partial charge on any atom is -0.377 e. The average Bonchev–Trinajstić information content (AvgIpc) is 2.77. The summed E-state index contributed by atoms with van der Waals surface area (Å²) in [5, 5.41) is 0. The van der Waals surface area contributed by atoms with E-state index < -0.39 is 0 Å². The average molecular weight is 268 g/mol. The highest BCUT2D eigenvalue weighted by molar-refractivity contribution is 7.12. The topological polar surface area (TPSA) is 38.5 Å². The molecule has 102 valence electrons. The fraction of sp³-hybridized carbons (Fsp3) is 0.714. The Kier molecular flexibility index (Phi) is 4.43. The smallest absolute Gasteiger partial charge is 0.0777 e. The zero-order chi connectivity index (χ0) is 13.2. The van der Waals surface area contributed by atoms with Crippen LogP contribution in [0.2, 0.25) is 0 Å². The molecule has 0 aromatic carbocycles. The van der Waals surface area contributed by atoms with Crippen molar-refractivity contribution < 1.29 is 4.74 Å². The van der Waals surface area contributed by atoms with Gasteiger partial charge in [-0.3, -0.25) is 4.90 Å². The van der Waals surface area contributed by atoms with Gasteiger partial charge in [0.15, 0.2) is 0 Å². The number of rotatable bonds is 4. The summed E-state index contributed by atoms with van der Waals surface area (Å²) in [5.41, 5.74) is 5.98. The zero-order valence-corrected chi connectivity index (χ0v) is 12.4. The van der Waals surface area contributed by atoms with Crippen molar-refractivity contribution in [1.82, 2.24) is 4.90 Å². The van der Waals surface area contributed by atoms with Crippen molar-refractivity contribution in [3.63, 3.8) is 0 Å². The van der Waals surface area contributed by atoms with Crippen LogP contribution < -0.4 is 5.73 Å². The Morgan fingerprint density at radius 3 is 2.89 bits per heavy atom. The molecule has 2 atom stereocenters. The van der Waals surface area contributed by atoms with E-state index in [0.717, 1.165) is 19.5 Å². The van der Waals surface area contributed by atoms with E-state index in [9.17, 15) is 0 Å². The number of methoxy groups -OCH3 is 1. The largest absolute Gasteiger partial charge is 0.377 e. The van der Waals surface area contributed by atoms with Gasteiger partial charge in [0.1, 0.15) is 0 Å². The predicted molar refractivity (Wildman–Crippen MR) is 77.1 cm³/mol. The van der Waals surface area contributed by atoms with Crippen LogP contribution in [0.15, 0.2) is 12.1 Å². The molecule has 2 heterocycles. The van der Waals surface area contributed by atoms with Crippen molar-refractivity contribution in [2.45, 2.75) is 38.3 Å². The highest BCUT2D eigenvalue weighted by atomic mass is 32.1. The molecule has 1 aliphatic heterocycles. The van der Waals surface area contributed by atoms with Crippen LogP contribution in [0.4, 0.5) is 0 Å². The molecular formula is C14H24N2OS. The second-order valence-corrected chi connectivity index (χ2v) is 6.75. The molecule has 2 unspecified atom stereocenters. The summed E-state index contributed by atoms with van der Waals surface area (Å²) < 4.78 is 5.67. The molecule has 0 radical (unpaired) electrons. The van der Waals surface area contributed by atoms with Gasteiger partial charge in [0.05, 0.1) is 11.6 Å². The van der Waals surface area contributed by atoms with Gasteiger partial charge < -0.3 is 10.5 Å². The standard InChI is InChI=1S/C14H24N2OS/c1-11-5-6-13(18-11)12(9-15)16-8-4-7-14(2,10-16)17-3/h5-6,12H,4,7-10,15H2,1-3H3. The van der Waals surface area contributed by atoms with Crippen LogP contribution in [0, 0.1) is 6.92 Å². The molecule has 1 aromatic heterocycles. The molecule has 3 nitrogen and oxygen atoms in total. The van der Waals surface area contributed by atoms with E-state index in [1.807, 2.05) is 18.4 Å². The van der Waals surface area contributed by atoms with Gasteiger partial charge in [-0.2, -0.15) is 0 Å². The van der Waals surface area contributed by atoms with Gasteiger partial charge in [-0.1, -0.05) is 0 Å². The van der Waals surface area contributed by atoms with Gasteiger partial charge in [-0.25, -0.2) is 0 Å². The lowest BCUT2D eigenvalue weighted by molar-refractivity contribution is -0.0605. The maximum atomic E-state index is 6.00. The second kappa shape index (κ2) is 5.70. The molecule has 0 aliphatic carbocycles. The molecule has 1 aliphatic rings. The third kappa shape index (κ3) is 2.94. The SMILES string of the molecule is COC1(C)CCCN(C(CN)c2ccc(C)s2)C1. The molecule has 1 fully saturated rings. The Bertz CT molecular complexity index is 393. The van der Waals surface area contributed by atoms with Crippen LogP contribution in [-0.4, -0.2) is 37.2 Å². The van der Waals surface area contributed by atoms with Crippen LogP contribution in [0.5, 0.6) is 0 Å². The summed E-state index contributed by atoms with van der Waals surface area (Å²) in [5.74, 6) is 0. The number of ether oxygens (including phenoxy) is 1. The molecule has 0 amide bonds. The molecule has 1 saturated heterocycles. The summed E-state index contributed by atoms with van der Waals surface area (Å²) >= 11 is 1.86. The monoisotopic (exact) mass is 268 g/mol. The van der Waals surface area contributed by atoms with Crippen LogP contribution in [-0.2, 0) is 4.74 Å². The zero-order valence-electron chi connectivity index (χ0n) is 11.6. The second-order valence-electron chi connectivity index (χ2n) is 5.43. The molecule has 18 heavy (non-hydrogen) atoms. The Balaban J connectivity index is 2.13. The van der Waals surface area contributed by atoms with Gasteiger partial charge in [-0.05, 0) is 45.4 Å². The first-order chi connectivity index (χ1) is 8.58. The number of hydrogen-bond acceptors (Lipinski definition) is 4. The number of nitrogens with zero attached hydrogens (tertiary/aromatic N) is 1. The van der Waals surface area contributed by atoms with E-state index >= 15 is 0 Å². The highest BCUT2D eigenvalue weighted by Gasteiger charge is 2.34. The number of hydrogen-bond donors (Lipinski definition) is 1. The van der Waals surface area contributed by atoms with Crippen molar-refractivity contribution in [2.24, 2.45) is 5.73 Å². The molecule has 1 aromatic rings. The third-order valence-electron chi connectivity index (χ3n) is 3.93. The van der Waals surface area contributed by atoms with Crippen LogP contribution in [0.1, 0.15) is 35.6 Å². The lowest BCUT2D eigenvalue weighted by Gasteiger charge is -2.42. The minimum atomic E-state index is -0.0159. The Hall–Kier alpha value is -0.420. The molecule has 4 heteroatoms. The molecular weight excluding hydrogens is 244 g/mol. The van der Waals surface area contributed by atoms with Crippen molar-refractivity contribution in [2.75, 3.05) is 26.7 Å². The van der Waals surface area contributed by atoms with E-state index in [1.165, 1.54) is 16.2 Å². The van der Waals surface area contributed by atoms with Gasteiger partial charge >= 0.3 is 0 Å². The van der Waals surface area contributed by atoms with Crippen molar-refractivity contribution in [3.8, 4) is 0 Å². The van der Waals surface area contributed by atoms with E-state index in [-0.39, 0.29) is 5.60 Å². The first kappa shape index (κ1) is 14.0. The van der Waals surface area contributed by atoms with Crippen LogP contribution >= 0.6 is 11.3 Å². The fourth-order valence-corrected chi connectivity index (χ4v) is 3.78. The van der Waals surface area contributed by atoms with E-state index in [4.69, 9.17) is 10.5 Å². The molecule has 0 saturated carbocycles. The fourth-order valence-electron chi connectivity index (χ4n) is 2.75. The maximum absolute atomic E-state index is 6.00. The number of aryl methyl sites for hydroxylation is 1. The van der Waals surface area contributed by atoms with Crippen molar-refractivity contribution in [1.29, 1.82) is 0 Å². The van der Waals surface area contributed by atoms with Crippen molar-refractivity contribution in [3.05, 3.63) is 21.9 Å². The third-order valence-corrected chi connectivity index (χ3v) is 5.04. The molecule has 2 N–H and O–H groups in total. The van der Waals surface area contributed by atoms with Crippen LogP contribution in [0.3, 0.4) is 0 Å². The number of thiophene rings is 1. The van der Waals surface area contributed by atoms with E-state index in [2.05, 4.69) is 30.9 Å². The van der Waals surface area contributed by atoms with Gasteiger partial charge in [0.25, 0.3) is 0 Å². The van der Waals surface area contributed by atoms with Gasteiger partial charge in [0.2, 0.25) is 0 Å². The highest BCUT2D eigenvalue weighted by Crippen LogP contribution is 2.32. The lowest BCUT2D eigenvalue weighted by Crippen LogP contribution is -2.49. The van der Waals surface area contributed by atoms with Crippen LogP contribution in [0.25, 0.3) is 0 Å². The normalized spacial score (nSPS) is 27.3.